The number of ether oxygens (including phenoxy) is 1. The first-order valence-corrected chi connectivity index (χ1v) is 8.39. The molecule has 5 nitrogen and oxygen atoms in total. The molecule has 1 aromatic carbocycles. The molecule has 0 heterocycles. The van der Waals surface area contributed by atoms with Crippen LogP contribution >= 0.6 is 15.9 Å². The summed E-state index contributed by atoms with van der Waals surface area (Å²) in [6.07, 6.45) is 2.45. The number of rotatable bonds is 7. The Labute approximate surface area is 121 Å². The molecule has 1 aliphatic carbocycles. The summed E-state index contributed by atoms with van der Waals surface area (Å²) in [5.41, 5.74) is 6.13. The van der Waals surface area contributed by atoms with Crippen molar-refractivity contribution in [1.29, 1.82) is 0 Å². The highest BCUT2D eigenvalue weighted by atomic mass is 79.9. The molecule has 2 rings (SSSR count). The second-order valence-corrected chi connectivity index (χ2v) is 7.22. The summed E-state index contributed by atoms with van der Waals surface area (Å²) in [6, 6.07) is 4.53. The van der Waals surface area contributed by atoms with Crippen LogP contribution in [0.15, 0.2) is 27.6 Å². The monoisotopic (exact) mass is 348 g/mol. The second kappa shape index (κ2) is 6.21. The van der Waals surface area contributed by atoms with Gasteiger partial charge in [-0.15, -0.1) is 0 Å². The van der Waals surface area contributed by atoms with Gasteiger partial charge in [0.15, 0.2) is 0 Å². The summed E-state index contributed by atoms with van der Waals surface area (Å²) < 4.78 is 32.4. The van der Waals surface area contributed by atoms with E-state index in [1.165, 1.54) is 25.0 Å². The van der Waals surface area contributed by atoms with E-state index in [2.05, 4.69) is 20.7 Å². The van der Waals surface area contributed by atoms with E-state index in [0.29, 0.717) is 22.7 Å². The Morgan fingerprint density at radius 2 is 2.16 bits per heavy atom. The third-order valence-corrected chi connectivity index (χ3v) is 5.02. The quantitative estimate of drug-likeness (QED) is 0.580. The first kappa shape index (κ1) is 14.8. The van der Waals surface area contributed by atoms with E-state index in [1.807, 2.05) is 0 Å². The van der Waals surface area contributed by atoms with E-state index in [4.69, 9.17) is 10.5 Å². The molecule has 19 heavy (non-hydrogen) atoms. The maximum absolute atomic E-state index is 12.0. The van der Waals surface area contributed by atoms with Crippen LogP contribution in [-0.4, -0.2) is 28.2 Å². The standard InChI is InChI=1S/C12H17BrN2O3S/c13-11-7-10(3-4-12(11)14)19(16,17)15-5-6-18-8-9-1-2-9/h3-4,7,9,15H,1-2,5-6,8,14H2. The number of hydrogen-bond acceptors (Lipinski definition) is 4. The van der Waals surface area contributed by atoms with E-state index in [0.717, 1.165) is 6.61 Å². The van der Waals surface area contributed by atoms with Crippen LogP contribution in [0.3, 0.4) is 0 Å². The van der Waals surface area contributed by atoms with E-state index < -0.39 is 10.0 Å². The van der Waals surface area contributed by atoms with Crippen LogP contribution < -0.4 is 10.5 Å². The molecule has 0 aliphatic heterocycles. The minimum absolute atomic E-state index is 0.191. The highest BCUT2D eigenvalue weighted by Gasteiger charge is 2.21. The summed E-state index contributed by atoms with van der Waals surface area (Å²) in [4.78, 5) is 0.191. The molecule has 1 aliphatic rings. The number of nitrogens with two attached hydrogens (primary N) is 1. The van der Waals surface area contributed by atoms with Gasteiger partial charge in [-0.25, -0.2) is 13.1 Å². The smallest absolute Gasteiger partial charge is 0.240 e. The van der Waals surface area contributed by atoms with Gasteiger partial charge in [0.2, 0.25) is 10.0 Å². The lowest BCUT2D eigenvalue weighted by Crippen LogP contribution is -2.27. The summed E-state index contributed by atoms with van der Waals surface area (Å²) in [7, 11) is -3.50. The largest absolute Gasteiger partial charge is 0.398 e. The van der Waals surface area contributed by atoms with Crippen molar-refractivity contribution < 1.29 is 13.2 Å². The van der Waals surface area contributed by atoms with Crippen molar-refractivity contribution in [3.63, 3.8) is 0 Å². The zero-order chi connectivity index (χ0) is 13.9. The van der Waals surface area contributed by atoms with Crippen molar-refractivity contribution in [2.45, 2.75) is 17.7 Å². The second-order valence-electron chi connectivity index (χ2n) is 4.60. The first-order chi connectivity index (χ1) is 8.99. The first-order valence-electron chi connectivity index (χ1n) is 6.11. The molecule has 1 fully saturated rings. The Morgan fingerprint density at radius 1 is 1.42 bits per heavy atom. The third-order valence-electron chi connectivity index (χ3n) is 2.87. The van der Waals surface area contributed by atoms with Crippen molar-refractivity contribution in [3.05, 3.63) is 22.7 Å². The van der Waals surface area contributed by atoms with Crippen LogP contribution in [0.2, 0.25) is 0 Å². The van der Waals surface area contributed by atoms with Gasteiger partial charge >= 0.3 is 0 Å². The number of halogens is 1. The Hall–Kier alpha value is -0.630. The molecule has 0 saturated heterocycles. The molecule has 0 bridgehead atoms. The van der Waals surface area contributed by atoms with Crippen molar-refractivity contribution >= 4 is 31.6 Å². The number of sulfonamides is 1. The minimum atomic E-state index is -3.50. The molecule has 7 heteroatoms. The Morgan fingerprint density at radius 3 is 2.79 bits per heavy atom. The van der Waals surface area contributed by atoms with Crippen LogP contribution in [0, 0.1) is 5.92 Å². The molecule has 0 atom stereocenters. The lowest BCUT2D eigenvalue weighted by molar-refractivity contribution is 0.129. The fourth-order valence-corrected chi connectivity index (χ4v) is 3.11. The molecule has 0 spiro atoms. The molecule has 0 radical (unpaired) electrons. The van der Waals surface area contributed by atoms with Gasteiger partial charge in [0.25, 0.3) is 0 Å². The lowest BCUT2D eigenvalue weighted by atomic mass is 10.3. The van der Waals surface area contributed by atoms with Crippen LogP contribution in [0.25, 0.3) is 0 Å². The Bertz CT molecular complexity index is 544. The number of benzene rings is 1. The highest BCUT2D eigenvalue weighted by Crippen LogP contribution is 2.28. The maximum atomic E-state index is 12.0. The highest BCUT2D eigenvalue weighted by molar-refractivity contribution is 9.10. The van der Waals surface area contributed by atoms with Gasteiger partial charge in [0.05, 0.1) is 11.5 Å². The van der Waals surface area contributed by atoms with Crippen LogP contribution in [0.1, 0.15) is 12.8 Å². The molecule has 0 unspecified atom stereocenters. The maximum Gasteiger partial charge on any atom is 0.240 e. The zero-order valence-electron chi connectivity index (χ0n) is 10.4. The summed E-state index contributed by atoms with van der Waals surface area (Å²) >= 11 is 3.21. The van der Waals surface area contributed by atoms with Crippen LogP contribution in [-0.2, 0) is 14.8 Å². The van der Waals surface area contributed by atoms with Gasteiger partial charge in [-0.3, -0.25) is 0 Å². The molecular weight excluding hydrogens is 332 g/mol. The average molecular weight is 349 g/mol. The summed E-state index contributed by atoms with van der Waals surface area (Å²) in [6.45, 7) is 1.40. The summed E-state index contributed by atoms with van der Waals surface area (Å²) in [5.74, 6) is 0.685. The normalized spacial score (nSPS) is 15.6. The SMILES string of the molecule is Nc1ccc(S(=O)(=O)NCCOCC2CC2)cc1Br. The third kappa shape index (κ3) is 4.45. The average Bonchev–Trinajstić information content (AvgIpc) is 3.16. The van der Waals surface area contributed by atoms with Crippen molar-refractivity contribution in [2.75, 3.05) is 25.5 Å². The predicted molar refractivity (Wildman–Crippen MR) is 77.3 cm³/mol. The molecule has 3 N–H and O–H groups in total. The van der Waals surface area contributed by atoms with Crippen molar-refractivity contribution in [3.8, 4) is 0 Å². The Kier molecular flexibility index (Phi) is 4.83. The zero-order valence-corrected chi connectivity index (χ0v) is 12.8. The van der Waals surface area contributed by atoms with Gasteiger partial charge in [-0.2, -0.15) is 0 Å². The van der Waals surface area contributed by atoms with E-state index >= 15 is 0 Å². The Balaban J connectivity index is 1.84. The predicted octanol–water partition coefficient (Wildman–Crippen LogP) is 1.74. The van der Waals surface area contributed by atoms with Crippen LogP contribution in [0.4, 0.5) is 5.69 Å². The van der Waals surface area contributed by atoms with Gasteiger partial charge in [-0.05, 0) is 52.9 Å². The minimum Gasteiger partial charge on any atom is -0.398 e. The molecule has 1 aromatic rings. The van der Waals surface area contributed by atoms with E-state index in [1.54, 1.807) is 6.07 Å². The molecular formula is C12H17BrN2O3S. The molecule has 106 valence electrons. The topological polar surface area (TPSA) is 81.4 Å². The van der Waals surface area contributed by atoms with Gasteiger partial charge < -0.3 is 10.5 Å². The number of anilines is 1. The fourth-order valence-electron chi connectivity index (χ4n) is 1.54. The molecule has 1 saturated carbocycles. The summed E-state index contributed by atoms with van der Waals surface area (Å²) in [5, 5.41) is 0. The van der Waals surface area contributed by atoms with Crippen LogP contribution in [0.5, 0.6) is 0 Å². The van der Waals surface area contributed by atoms with Crippen molar-refractivity contribution in [1.82, 2.24) is 4.72 Å². The lowest BCUT2D eigenvalue weighted by Gasteiger charge is -2.08. The molecule has 0 amide bonds. The van der Waals surface area contributed by atoms with Crippen molar-refractivity contribution in [2.24, 2.45) is 5.92 Å². The van der Waals surface area contributed by atoms with E-state index in [-0.39, 0.29) is 11.4 Å². The van der Waals surface area contributed by atoms with E-state index in [9.17, 15) is 8.42 Å². The number of nitrogen functional groups attached to an aromatic ring is 1. The number of nitrogens with one attached hydrogen (secondary N) is 1. The fraction of sp³-hybridized carbons (Fsp3) is 0.500. The van der Waals surface area contributed by atoms with Gasteiger partial charge in [0.1, 0.15) is 0 Å². The van der Waals surface area contributed by atoms with Gasteiger partial charge in [-0.1, -0.05) is 0 Å². The number of hydrogen-bond donors (Lipinski definition) is 2. The molecule has 0 aromatic heterocycles. The van der Waals surface area contributed by atoms with Gasteiger partial charge in [0, 0.05) is 23.3 Å².